The lowest BCUT2D eigenvalue weighted by Crippen LogP contribution is -2.21. The minimum atomic E-state index is -1.30. The molecule has 0 spiro atoms. The van der Waals surface area contributed by atoms with Gasteiger partial charge in [0.25, 0.3) is 0 Å². The number of halogens is 1. The molecule has 0 aromatic heterocycles. The van der Waals surface area contributed by atoms with E-state index in [4.69, 9.17) is 22.4 Å². The molecule has 0 heterocycles. The predicted octanol–water partition coefficient (Wildman–Crippen LogP) is 1.33. The third-order valence-electron chi connectivity index (χ3n) is 2.52. The smallest absolute Gasteiger partial charge is 0.337 e. The predicted molar refractivity (Wildman–Crippen MR) is 72.3 cm³/mol. The Balaban J connectivity index is 3.19. The standard InChI is InChI=1S/C11H14ClNO4S/c12-5-3-6(10(15)8(14)1-2-18)9(13)7(4-5)11(16)17/h3-4,8,10,14-15,18H,1-2,13H2,(H,16,17). The van der Waals surface area contributed by atoms with Gasteiger partial charge in [-0.3, -0.25) is 0 Å². The van der Waals surface area contributed by atoms with Crippen LogP contribution in [0.2, 0.25) is 5.02 Å². The van der Waals surface area contributed by atoms with Crippen LogP contribution < -0.4 is 5.73 Å². The number of benzene rings is 1. The van der Waals surface area contributed by atoms with Crippen molar-refractivity contribution in [2.24, 2.45) is 0 Å². The Hall–Kier alpha value is -0.950. The lowest BCUT2D eigenvalue weighted by molar-refractivity contribution is 0.0176. The summed E-state index contributed by atoms with van der Waals surface area (Å²) in [6.45, 7) is 0. The van der Waals surface area contributed by atoms with Gasteiger partial charge in [-0.2, -0.15) is 12.6 Å². The summed E-state index contributed by atoms with van der Waals surface area (Å²) in [5.74, 6) is -0.864. The molecule has 0 bridgehead atoms. The SMILES string of the molecule is Nc1c(C(=O)O)cc(Cl)cc1C(O)C(O)CCS. The van der Waals surface area contributed by atoms with Crippen LogP contribution in [0.15, 0.2) is 12.1 Å². The van der Waals surface area contributed by atoms with Gasteiger partial charge in [-0.25, -0.2) is 4.79 Å². The van der Waals surface area contributed by atoms with Gasteiger partial charge in [0.1, 0.15) is 6.10 Å². The largest absolute Gasteiger partial charge is 0.478 e. The zero-order valence-electron chi connectivity index (χ0n) is 9.38. The van der Waals surface area contributed by atoms with E-state index in [0.29, 0.717) is 5.75 Å². The van der Waals surface area contributed by atoms with Crippen LogP contribution in [0.5, 0.6) is 0 Å². The molecule has 0 aliphatic carbocycles. The van der Waals surface area contributed by atoms with Crippen molar-refractivity contribution >= 4 is 35.9 Å². The third-order valence-corrected chi connectivity index (χ3v) is 2.99. The van der Waals surface area contributed by atoms with Gasteiger partial charge < -0.3 is 21.1 Å². The number of carboxylic acids is 1. The maximum atomic E-state index is 10.9. The minimum absolute atomic E-state index is 0.0994. The molecule has 0 radical (unpaired) electrons. The fraction of sp³-hybridized carbons (Fsp3) is 0.364. The van der Waals surface area contributed by atoms with Gasteiger partial charge in [-0.05, 0) is 24.3 Å². The van der Waals surface area contributed by atoms with Crippen molar-refractivity contribution in [1.29, 1.82) is 0 Å². The molecule has 1 aromatic rings. The fourth-order valence-corrected chi connectivity index (χ4v) is 2.05. The van der Waals surface area contributed by atoms with Crippen LogP contribution in [0.4, 0.5) is 5.69 Å². The monoisotopic (exact) mass is 291 g/mol. The maximum Gasteiger partial charge on any atom is 0.337 e. The molecule has 1 rings (SSSR count). The number of hydrogen-bond acceptors (Lipinski definition) is 5. The van der Waals surface area contributed by atoms with Gasteiger partial charge in [0.15, 0.2) is 0 Å². The molecule has 18 heavy (non-hydrogen) atoms. The van der Waals surface area contributed by atoms with Gasteiger partial charge in [0.05, 0.1) is 17.4 Å². The molecule has 0 amide bonds. The molecule has 0 fully saturated rings. The Labute approximate surface area is 115 Å². The highest BCUT2D eigenvalue weighted by Gasteiger charge is 2.23. The normalized spacial score (nSPS) is 14.2. The third kappa shape index (κ3) is 3.29. The van der Waals surface area contributed by atoms with Crippen molar-refractivity contribution < 1.29 is 20.1 Å². The number of thiol groups is 1. The fourth-order valence-electron chi connectivity index (χ4n) is 1.56. The second-order valence-corrected chi connectivity index (χ2v) is 4.67. The zero-order chi connectivity index (χ0) is 13.9. The van der Waals surface area contributed by atoms with E-state index in [-0.39, 0.29) is 28.3 Å². The van der Waals surface area contributed by atoms with E-state index in [1.54, 1.807) is 0 Å². The summed E-state index contributed by atoms with van der Waals surface area (Å²) in [6, 6.07) is 2.54. The topological polar surface area (TPSA) is 104 Å². The molecule has 0 aliphatic rings. The molecule has 1 aromatic carbocycles. The van der Waals surface area contributed by atoms with Crippen LogP contribution >= 0.6 is 24.2 Å². The average Bonchev–Trinajstić information content (AvgIpc) is 2.30. The van der Waals surface area contributed by atoms with E-state index in [9.17, 15) is 15.0 Å². The molecule has 2 unspecified atom stereocenters. The second-order valence-electron chi connectivity index (χ2n) is 3.79. The molecular weight excluding hydrogens is 278 g/mol. The summed E-state index contributed by atoms with van der Waals surface area (Å²) in [4.78, 5) is 10.9. The number of aliphatic hydroxyl groups excluding tert-OH is 2. The number of nitrogens with two attached hydrogens (primary N) is 1. The molecule has 0 aliphatic heterocycles. The lowest BCUT2D eigenvalue weighted by atomic mass is 9.98. The molecule has 5 N–H and O–H groups in total. The molecule has 100 valence electrons. The number of anilines is 1. The van der Waals surface area contributed by atoms with Gasteiger partial charge in [0.2, 0.25) is 0 Å². The highest BCUT2D eigenvalue weighted by atomic mass is 35.5. The first kappa shape index (κ1) is 15.1. The Morgan fingerprint density at radius 3 is 2.56 bits per heavy atom. The summed E-state index contributed by atoms with van der Waals surface area (Å²) < 4.78 is 0. The van der Waals surface area contributed by atoms with Crippen molar-refractivity contribution in [2.45, 2.75) is 18.6 Å². The first-order valence-electron chi connectivity index (χ1n) is 5.17. The van der Waals surface area contributed by atoms with Gasteiger partial charge in [-0.1, -0.05) is 11.6 Å². The summed E-state index contributed by atoms with van der Waals surface area (Å²) in [7, 11) is 0. The van der Waals surface area contributed by atoms with E-state index >= 15 is 0 Å². The number of aromatic carboxylic acids is 1. The zero-order valence-corrected chi connectivity index (χ0v) is 11.0. The number of rotatable bonds is 5. The molecule has 2 atom stereocenters. The minimum Gasteiger partial charge on any atom is -0.478 e. The van der Waals surface area contributed by atoms with Crippen molar-refractivity contribution in [3.05, 3.63) is 28.3 Å². The summed E-state index contributed by atoms with van der Waals surface area (Å²) in [6.07, 6.45) is -2.13. The molecule has 5 nitrogen and oxygen atoms in total. The van der Waals surface area contributed by atoms with Gasteiger partial charge in [0, 0.05) is 10.6 Å². The molecule has 7 heteroatoms. The molecule has 0 saturated carbocycles. The van der Waals surface area contributed by atoms with Gasteiger partial charge in [-0.15, -0.1) is 0 Å². The number of carboxylic acid groups (broad SMARTS) is 1. The Morgan fingerprint density at radius 2 is 2.06 bits per heavy atom. The average molecular weight is 292 g/mol. The number of hydrogen-bond donors (Lipinski definition) is 5. The Kier molecular flexibility index (Phi) is 5.28. The first-order chi connectivity index (χ1) is 8.38. The van der Waals surface area contributed by atoms with E-state index in [0.717, 1.165) is 0 Å². The van der Waals surface area contributed by atoms with Crippen LogP contribution in [0, 0.1) is 0 Å². The van der Waals surface area contributed by atoms with Crippen molar-refractivity contribution in [3.63, 3.8) is 0 Å². The number of aliphatic hydroxyl groups is 2. The van der Waals surface area contributed by atoms with E-state index in [1.165, 1.54) is 12.1 Å². The van der Waals surface area contributed by atoms with Crippen molar-refractivity contribution in [1.82, 2.24) is 0 Å². The molecule has 0 saturated heterocycles. The van der Waals surface area contributed by atoms with Gasteiger partial charge >= 0.3 is 5.97 Å². The maximum absolute atomic E-state index is 10.9. The van der Waals surface area contributed by atoms with Crippen LogP contribution in [-0.2, 0) is 0 Å². The van der Waals surface area contributed by atoms with E-state index in [1.807, 2.05) is 0 Å². The highest BCUT2D eigenvalue weighted by Crippen LogP contribution is 2.30. The van der Waals surface area contributed by atoms with Crippen molar-refractivity contribution in [2.75, 3.05) is 11.5 Å². The van der Waals surface area contributed by atoms with E-state index in [2.05, 4.69) is 12.6 Å². The van der Waals surface area contributed by atoms with Crippen LogP contribution in [0.1, 0.15) is 28.4 Å². The molecular formula is C11H14ClNO4S. The van der Waals surface area contributed by atoms with E-state index < -0.39 is 18.2 Å². The lowest BCUT2D eigenvalue weighted by Gasteiger charge is -2.20. The Bertz CT molecular complexity index is 455. The van der Waals surface area contributed by atoms with Crippen LogP contribution in [0.25, 0.3) is 0 Å². The summed E-state index contributed by atoms with van der Waals surface area (Å²) >= 11 is 9.71. The summed E-state index contributed by atoms with van der Waals surface area (Å²) in [5.41, 5.74) is 5.47. The van der Waals surface area contributed by atoms with Crippen LogP contribution in [-0.4, -0.2) is 33.1 Å². The highest BCUT2D eigenvalue weighted by molar-refractivity contribution is 7.80. The summed E-state index contributed by atoms with van der Waals surface area (Å²) in [5, 5.41) is 28.7. The van der Waals surface area contributed by atoms with Crippen molar-refractivity contribution in [3.8, 4) is 0 Å². The quantitative estimate of drug-likeness (QED) is 0.416. The first-order valence-corrected chi connectivity index (χ1v) is 6.18. The second kappa shape index (κ2) is 6.29. The Morgan fingerprint density at radius 1 is 1.44 bits per heavy atom. The number of nitrogen functional groups attached to an aromatic ring is 1. The number of carbonyl (C=O) groups is 1. The van der Waals surface area contributed by atoms with Crippen LogP contribution in [0.3, 0.4) is 0 Å².